The van der Waals surface area contributed by atoms with Crippen LogP contribution in [0.15, 0.2) is 48.5 Å². The molecule has 2 unspecified atom stereocenters. The first-order valence-electron chi connectivity index (χ1n) is 10.4. The first-order valence-corrected chi connectivity index (χ1v) is 12.2. The van der Waals surface area contributed by atoms with E-state index in [1.54, 1.807) is 13.0 Å². The fourth-order valence-corrected chi connectivity index (χ4v) is 5.26. The Bertz CT molecular complexity index is 993. The van der Waals surface area contributed by atoms with Gasteiger partial charge in [-0.25, -0.2) is 12.8 Å². The van der Waals surface area contributed by atoms with Crippen LogP contribution in [-0.2, 0) is 21.2 Å². The first kappa shape index (κ1) is 23.1. The maximum Gasteiger partial charge on any atom is 0.263 e. The smallest absolute Gasteiger partial charge is 0.263 e. The summed E-state index contributed by atoms with van der Waals surface area (Å²) in [4.78, 5) is 14.8. The summed E-state index contributed by atoms with van der Waals surface area (Å²) in [5.41, 5.74) is 0.847. The van der Waals surface area contributed by atoms with E-state index in [2.05, 4.69) is 0 Å². The third kappa shape index (κ3) is 6.19. The number of nitrogens with zero attached hydrogens (tertiary/aromatic N) is 1. The Morgan fingerprint density at radius 1 is 1.19 bits per heavy atom. The van der Waals surface area contributed by atoms with Crippen LogP contribution in [0.1, 0.15) is 32.3 Å². The van der Waals surface area contributed by atoms with Crippen molar-refractivity contribution in [2.24, 2.45) is 0 Å². The van der Waals surface area contributed by atoms with E-state index in [4.69, 9.17) is 9.47 Å². The third-order valence-corrected chi connectivity index (χ3v) is 6.92. The Hall–Kier alpha value is -2.61. The van der Waals surface area contributed by atoms with Gasteiger partial charge in [-0.3, -0.25) is 4.79 Å². The van der Waals surface area contributed by atoms with E-state index in [9.17, 15) is 17.6 Å². The van der Waals surface area contributed by atoms with Crippen LogP contribution < -0.4 is 9.47 Å². The lowest BCUT2D eigenvalue weighted by Crippen LogP contribution is -2.46. The van der Waals surface area contributed by atoms with Crippen molar-refractivity contribution in [1.29, 1.82) is 0 Å². The number of hydrogen-bond donors (Lipinski definition) is 0. The molecule has 31 heavy (non-hydrogen) atoms. The second-order valence-corrected chi connectivity index (χ2v) is 9.93. The molecule has 0 aromatic heterocycles. The summed E-state index contributed by atoms with van der Waals surface area (Å²) >= 11 is 0. The quantitative estimate of drug-likeness (QED) is 0.585. The molecule has 6 nitrogen and oxygen atoms in total. The Labute approximate surface area is 182 Å². The maximum atomic E-state index is 13.9. The summed E-state index contributed by atoms with van der Waals surface area (Å²) in [6.45, 7) is 4.43. The molecule has 1 heterocycles. The van der Waals surface area contributed by atoms with Crippen molar-refractivity contribution in [2.45, 2.75) is 45.4 Å². The highest BCUT2D eigenvalue weighted by Crippen LogP contribution is 2.24. The lowest BCUT2D eigenvalue weighted by atomic mass is 10.1. The van der Waals surface area contributed by atoms with Gasteiger partial charge in [-0.05, 0) is 49.6 Å². The predicted molar refractivity (Wildman–Crippen MR) is 116 cm³/mol. The number of ether oxygens (including phenoxy) is 2. The van der Waals surface area contributed by atoms with Gasteiger partial charge >= 0.3 is 0 Å². The number of carbonyl (C=O) groups is 1. The number of hydrogen-bond acceptors (Lipinski definition) is 5. The molecular weight excluding hydrogens is 421 g/mol. The fourth-order valence-electron chi connectivity index (χ4n) is 3.53. The Kier molecular flexibility index (Phi) is 7.54. The highest BCUT2D eigenvalue weighted by atomic mass is 32.2. The molecule has 1 saturated heterocycles. The molecule has 1 aliphatic heterocycles. The van der Waals surface area contributed by atoms with E-state index in [1.807, 2.05) is 31.2 Å². The summed E-state index contributed by atoms with van der Waals surface area (Å²) in [5, 5.41) is 0. The van der Waals surface area contributed by atoms with Crippen molar-refractivity contribution in [1.82, 2.24) is 4.90 Å². The van der Waals surface area contributed by atoms with Crippen molar-refractivity contribution in [3.8, 4) is 11.5 Å². The molecule has 1 aliphatic rings. The van der Waals surface area contributed by atoms with Gasteiger partial charge in [0.2, 0.25) is 0 Å². The van der Waals surface area contributed by atoms with E-state index in [0.717, 1.165) is 17.7 Å². The standard InChI is InChI=1S/C23H28FNO5S/c1-3-13-29-20-10-8-18(9-11-20)15-25(19-12-14-31(27,28)16-19)23(26)17(2)30-22-7-5-4-6-21(22)24/h4-11,17,19H,3,12-16H2,1-2H3. The van der Waals surface area contributed by atoms with Crippen molar-refractivity contribution >= 4 is 15.7 Å². The summed E-state index contributed by atoms with van der Waals surface area (Å²) in [6, 6.07) is 12.8. The number of sulfone groups is 1. The normalized spacial score (nSPS) is 18.4. The number of rotatable bonds is 9. The van der Waals surface area contributed by atoms with Crippen molar-refractivity contribution in [3.63, 3.8) is 0 Å². The molecule has 2 atom stereocenters. The largest absolute Gasteiger partial charge is 0.494 e. The zero-order valence-corrected chi connectivity index (χ0v) is 18.6. The van der Waals surface area contributed by atoms with Crippen molar-refractivity contribution < 1.29 is 27.1 Å². The first-order chi connectivity index (χ1) is 14.8. The second kappa shape index (κ2) is 10.1. The van der Waals surface area contributed by atoms with Gasteiger partial charge in [-0.1, -0.05) is 31.2 Å². The minimum atomic E-state index is -3.19. The number of amides is 1. The number of para-hydroxylation sites is 1. The molecule has 2 aromatic rings. The fraction of sp³-hybridized carbons (Fsp3) is 0.435. The Balaban J connectivity index is 1.77. The molecule has 0 aliphatic carbocycles. The van der Waals surface area contributed by atoms with E-state index < -0.39 is 27.8 Å². The van der Waals surface area contributed by atoms with Gasteiger partial charge in [0.1, 0.15) is 5.75 Å². The number of carbonyl (C=O) groups excluding carboxylic acids is 1. The van der Waals surface area contributed by atoms with Gasteiger partial charge in [0, 0.05) is 12.6 Å². The summed E-state index contributed by atoms with van der Waals surface area (Å²) in [5.74, 6) is -0.240. The van der Waals surface area contributed by atoms with Crippen LogP contribution in [0, 0.1) is 5.82 Å². The molecule has 1 fully saturated rings. The number of halogens is 1. The van der Waals surface area contributed by atoms with Crippen LogP contribution >= 0.6 is 0 Å². The van der Waals surface area contributed by atoms with Gasteiger partial charge in [-0.15, -0.1) is 0 Å². The van der Waals surface area contributed by atoms with Gasteiger partial charge in [0.05, 0.1) is 18.1 Å². The highest BCUT2D eigenvalue weighted by Gasteiger charge is 2.36. The molecule has 0 N–H and O–H groups in total. The Morgan fingerprint density at radius 3 is 2.52 bits per heavy atom. The minimum absolute atomic E-state index is 0.0141. The summed E-state index contributed by atoms with van der Waals surface area (Å²) in [7, 11) is -3.19. The van der Waals surface area contributed by atoms with Crippen LogP contribution in [0.25, 0.3) is 0 Å². The zero-order valence-electron chi connectivity index (χ0n) is 17.8. The van der Waals surface area contributed by atoms with Crippen LogP contribution in [-0.4, -0.2) is 49.5 Å². The molecule has 8 heteroatoms. The molecule has 2 aromatic carbocycles. The molecule has 0 spiro atoms. The molecule has 0 bridgehead atoms. The monoisotopic (exact) mass is 449 g/mol. The topological polar surface area (TPSA) is 72.9 Å². The average Bonchev–Trinajstić information content (AvgIpc) is 3.11. The van der Waals surface area contributed by atoms with Crippen molar-refractivity contribution in [3.05, 3.63) is 59.9 Å². The van der Waals surface area contributed by atoms with E-state index in [0.29, 0.717) is 13.0 Å². The summed E-state index contributed by atoms with van der Waals surface area (Å²) < 4.78 is 49.2. The van der Waals surface area contributed by atoms with Gasteiger partial charge in [-0.2, -0.15) is 0 Å². The van der Waals surface area contributed by atoms with E-state index in [-0.39, 0.29) is 29.7 Å². The second-order valence-electron chi connectivity index (χ2n) is 7.71. The zero-order chi connectivity index (χ0) is 22.4. The van der Waals surface area contributed by atoms with Gasteiger partial charge in [0.15, 0.2) is 27.5 Å². The average molecular weight is 450 g/mol. The number of benzene rings is 2. The van der Waals surface area contributed by atoms with E-state index >= 15 is 0 Å². The molecule has 3 rings (SSSR count). The molecule has 1 amide bonds. The van der Waals surface area contributed by atoms with Gasteiger partial charge in [0.25, 0.3) is 5.91 Å². The maximum absolute atomic E-state index is 13.9. The molecule has 168 valence electrons. The predicted octanol–water partition coefficient (Wildman–Crippen LogP) is 3.60. The lowest BCUT2D eigenvalue weighted by Gasteiger charge is -2.31. The SMILES string of the molecule is CCCOc1ccc(CN(C(=O)C(C)Oc2ccccc2F)C2CCS(=O)(=O)C2)cc1. The Morgan fingerprint density at radius 2 is 1.90 bits per heavy atom. The summed E-state index contributed by atoms with van der Waals surface area (Å²) in [6.07, 6.45) is 0.311. The van der Waals surface area contributed by atoms with E-state index in [1.165, 1.54) is 23.1 Å². The van der Waals surface area contributed by atoms with Crippen LogP contribution in [0.5, 0.6) is 11.5 Å². The molecule has 0 radical (unpaired) electrons. The van der Waals surface area contributed by atoms with Crippen molar-refractivity contribution in [2.75, 3.05) is 18.1 Å². The van der Waals surface area contributed by atoms with Crippen LogP contribution in [0.4, 0.5) is 4.39 Å². The minimum Gasteiger partial charge on any atom is -0.494 e. The third-order valence-electron chi connectivity index (χ3n) is 5.17. The molecule has 0 saturated carbocycles. The van der Waals surface area contributed by atoms with Crippen LogP contribution in [0.3, 0.4) is 0 Å². The van der Waals surface area contributed by atoms with Crippen LogP contribution in [0.2, 0.25) is 0 Å². The lowest BCUT2D eigenvalue weighted by molar-refractivity contribution is -0.140. The molecular formula is C23H28FNO5S. The highest BCUT2D eigenvalue weighted by molar-refractivity contribution is 7.91. The van der Waals surface area contributed by atoms with Gasteiger partial charge < -0.3 is 14.4 Å².